The number of benzene rings is 1. The number of aryl methyl sites for hydroxylation is 1. The number of rotatable bonds is 7. The van der Waals surface area contributed by atoms with Crippen molar-refractivity contribution in [1.82, 2.24) is 25.5 Å². The normalized spacial score (nSPS) is 11.0. The van der Waals surface area contributed by atoms with Crippen molar-refractivity contribution in [3.05, 3.63) is 41.9 Å². The number of anilines is 1. The van der Waals surface area contributed by atoms with E-state index in [9.17, 15) is 4.79 Å². The second-order valence-electron chi connectivity index (χ2n) is 5.45. The molecule has 120 valence electrons. The highest BCUT2D eigenvalue weighted by Crippen LogP contribution is 2.19. The van der Waals surface area contributed by atoms with Gasteiger partial charge in [0.25, 0.3) is 0 Å². The molecule has 0 aliphatic heterocycles. The maximum Gasteiger partial charge on any atom is 0.239 e. The zero-order valence-corrected chi connectivity index (χ0v) is 12.8. The number of hydrogen-bond donors (Lipinski definition) is 4. The Balaban J connectivity index is 1.39. The monoisotopic (exact) mass is 312 g/mol. The van der Waals surface area contributed by atoms with Crippen LogP contribution in [0.2, 0.25) is 0 Å². The average molecular weight is 312 g/mol. The third-order valence-electron chi connectivity index (χ3n) is 3.76. The van der Waals surface area contributed by atoms with Gasteiger partial charge in [-0.05, 0) is 24.5 Å². The molecule has 23 heavy (non-hydrogen) atoms. The highest BCUT2D eigenvalue weighted by atomic mass is 16.1. The van der Waals surface area contributed by atoms with E-state index in [1.54, 1.807) is 0 Å². The third-order valence-corrected chi connectivity index (χ3v) is 3.76. The molecule has 5 N–H and O–H groups in total. The largest absolute Gasteiger partial charge is 0.367 e. The van der Waals surface area contributed by atoms with Gasteiger partial charge < -0.3 is 16.0 Å². The molecule has 1 aromatic carbocycles. The Morgan fingerprint density at radius 3 is 2.96 bits per heavy atom. The van der Waals surface area contributed by atoms with Crippen LogP contribution in [0.25, 0.3) is 10.9 Å². The van der Waals surface area contributed by atoms with E-state index in [0.29, 0.717) is 25.2 Å². The van der Waals surface area contributed by atoms with Gasteiger partial charge in [-0.3, -0.25) is 9.89 Å². The van der Waals surface area contributed by atoms with Crippen molar-refractivity contribution < 1.29 is 4.79 Å². The average Bonchev–Trinajstić information content (AvgIpc) is 3.14. The number of para-hydroxylation sites is 1. The molecule has 0 saturated heterocycles. The number of nitrogen functional groups attached to an aromatic ring is 1. The van der Waals surface area contributed by atoms with Crippen LogP contribution in [0.5, 0.6) is 0 Å². The summed E-state index contributed by atoms with van der Waals surface area (Å²) in [6.45, 7) is 0.528. The number of aromatic amines is 2. The summed E-state index contributed by atoms with van der Waals surface area (Å²) < 4.78 is 0. The maximum absolute atomic E-state index is 11.8. The molecule has 0 spiro atoms. The van der Waals surface area contributed by atoms with Crippen LogP contribution < -0.4 is 11.1 Å². The molecule has 0 unspecified atom stereocenters. The van der Waals surface area contributed by atoms with Crippen LogP contribution in [0.15, 0.2) is 30.5 Å². The number of fused-ring (bicyclic) bond motifs is 1. The minimum Gasteiger partial charge on any atom is -0.367 e. The summed E-state index contributed by atoms with van der Waals surface area (Å²) in [6, 6.07) is 8.20. The van der Waals surface area contributed by atoms with Crippen molar-refractivity contribution in [2.24, 2.45) is 0 Å². The predicted molar refractivity (Wildman–Crippen MR) is 88.7 cm³/mol. The van der Waals surface area contributed by atoms with Crippen LogP contribution >= 0.6 is 0 Å². The van der Waals surface area contributed by atoms with E-state index >= 15 is 0 Å². The maximum atomic E-state index is 11.8. The number of carbonyl (C=O) groups excluding carboxylic acids is 1. The van der Waals surface area contributed by atoms with Gasteiger partial charge in [0.05, 0.1) is 0 Å². The van der Waals surface area contributed by atoms with Gasteiger partial charge in [0, 0.05) is 36.5 Å². The SMILES string of the molecule is Nc1n[nH]c(CCNC(=O)CCCc2c[nH]c3ccccc23)n1. The van der Waals surface area contributed by atoms with E-state index < -0.39 is 0 Å². The van der Waals surface area contributed by atoms with Gasteiger partial charge in [-0.1, -0.05) is 18.2 Å². The van der Waals surface area contributed by atoms with E-state index in [1.165, 1.54) is 10.9 Å². The second-order valence-corrected chi connectivity index (χ2v) is 5.45. The van der Waals surface area contributed by atoms with Crippen LogP contribution in [0.3, 0.4) is 0 Å². The Hall–Kier alpha value is -2.83. The van der Waals surface area contributed by atoms with Crippen LogP contribution in [0.1, 0.15) is 24.2 Å². The molecule has 0 atom stereocenters. The van der Waals surface area contributed by atoms with Crippen molar-refractivity contribution in [2.75, 3.05) is 12.3 Å². The molecule has 3 rings (SSSR count). The number of aromatic nitrogens is 4. The molecule has 0 fully saturated rings. The summed E-state index contributed by atoms with van der Waals surface area (Å²) in [7, 11) is 0. The molecule has 0 bridgehead atoms. The number of nitrogens with one attached hydrogen (secondary N) is 3. The lowest BCUT2D eigenvalue weighted by molar-refractivity contribution is -0.121. The van der Waals surface area contributed by atoms with Gasteiger partial charge in [-0.2, -0.15) is 4.98 Å². The Kier molecular flexibility index (Phi) is 4.56. The molecule has 0 aliphatic rings. The fraction of sp³-hybridized carbons (Fsp3) is 0.312. The highest BCUT2D eigenvalue weighted by molar-refractivity contribution is 5.83. The molecular weight excluding hydrogens is 292 g/mol. The minimum atomic E-state index is 0.0531. The first-order valence-corrected chi connectivity index (χ1v) is 7.71. The summed E-state index contributed by atoms with van der Waals surface area (Å²) >= 11 is 0. The van der Waals surface area contributed by atoms with Gasteiger partial charge in [-0.25, -0.2) is 0 Å². The van der Waals surface area contributed by atoms with Gasteiger partial charge >= 0.3 is 0 Å². The van der Waals surface area contributed by atoms with Crippen molar-refractivity contribution >= 4 is 22.8 Å². The number of hydrogen-bond acceptors (Lipinski definition) is 4. The lowest BCUT2D eigenvalue weighted by atomic mass is 10.1. The van der Waals surface area contributed by atoms with Crippen LogP contribution in [0, 0.1) is 0 Å². The van der Waals surface area contributed by atoms with E-state index in [-0.39, 0.29) is 11.9 Å². The lowest BCUT2D eigenvalue weighted by Gasteiger charge is -2.04. The topological polar surface area (TPSA) is 112 Å². The quantitative estimate of drug-likeness (QED) is 0.530. The van der Waals surface area contributed by atoms with Gasteiger partial charge in [0.15, 0.2) is 0 Å². The standard InChI is InChI=1S/C16H20N6O/c17-16-20-14(21-22-16)8-9-18-15(23)7-3-4-11-10-19-13-6-2-1-5-12(11)13/h1-2,5-6,10,19H,3-4,7-9H2,(H,18,23)(H3,17,20,21,22). The zero-order chi connectivity index (χ0) is 16.1. The molecule has 0 aliphatic carbocycles. The van der Waals surface area contributed by atoms with E-state index in [0.717, 1.165) is 18.4 Å². The lowest BCUT2D eigenvalue weighted by Crippen LogP contribution is -2.25. The summed E-state index contributed by atoms with van der Waals surface area (Å²) in [4.78, 5) is 19.1. The molecule has 2 heterocycles. The summed E-state index contributed by atoms with van der Waals surface area (Å²) in [5.41, 5.74) is 7.81. The number of amides is 1. The van der Waals surface area contributed by atoms with Crippen molar-refractivity contribution in [3.63, 3.8) is 0 Å². The van der Waals surface area contributed by atoms with Crippen molar-refractivity contribution in [3.8, 4) is 0 Å². The van der Waals surface area contributed by atoms with E-state index in [2.05, 4.69) is 37.6 Å². The first-order valence-electron chi connectivity index (χ1n) is 7.71. The highest BCUT2D eigenvalue weighted by Gasteiger charge is 2.06. The van der Waals surface area contributed by atoms with E-state index in [4.69, 9.17) is 5.73 Å². The predicted octanol–water partition coefficient (Wildman–Crippen LogP) is 1.55. The van der Waals surface area contributed by atoms with Crippen LogP contribution in [-0.2, 0) is 17.6 Å². The number of H-pyrrole nitrogens is 2. The smallest absolute Gasteiger partial charge is 0.239 e. The second kappa shape index (κ2) is 6.95. The summed E-state index contributed by atoms with van der Waals surface area (Å²) in [5.74, 6) is 0.962. The molecule has 1 amide bonds. The fourth-order valence-corrected chi connectivity index (χ4v) is 2.61. The number of carbonyl (C=O) groups is 1. The van der Waals surface area contributed by atoms with Crippen LogP contribution in [-0.4, -0.2) is 32.6 Å². The molecule has 7 nitrogen and oxygen atoms in total. The fourth-order valence-electron chi connectivity index (χ4n) is 2.61. The van der Waals surface area contributed by atoms with Crippen LogP contribution in [0.4, 0.5) is 5.95 Å². The minimum absolute atomic E-state index is 0.0531. The first-order chi connectivity index (χ1) is 11.2. The Morgan fingerprint density at radius 2 is 2.13 bits per heavy atom. The summed E-state index contributed by atoms with van der Waals surface area (Å²) in [5, 5.41) is 10.6. The van der Waals surface area contributed by atoms with Crippen molar-refractivity contribution in [1.29, 1.82) is 0 Å². The molecule has 7 heteroatoms. The Morgan fingerprint density at radius 1 is 1.26 bits per heavy atom. The van der Waals surface area contributed by atoms with Crippen molar-refractivity contribution in [2.45, 2.75) is 25.7 Å². The molecule has 3 aromatic rings. The van der Waals surface area contributed by atoms with Gasteiger partial charge in [0.2, 0.25) is 11.9 Å². The third kappa shape index (κ3) is 3.88. The molecule has 0 saturated carbocycles. The van der Waals surface area contributed by atoms with Gasteiger partial charge in [0.1, 0.15) is 5.82 Å². The Labute approximate surface area is 133 Å². The first kappa shape index (κ1) is 15.1. The van der Waals surface area contributed by atoms with E-state index in [1.807, 2.05) is 18.3 Å². The zero-order valence-electron chi connectivity index (χ0n) is 12.8. The van der Waals surface area contributed by atoms with Gasteiger partial charge in [-0.15, -0.1) is 5.10 Å². The molecular formula is C16H20N6O. The Bertz CT molecular complexity index is 791. The number of nitrogens with two attached hydrogens (primary N) is 1. The summed E-state index contributed by atoms with van der Waals surface area (Å²) in [6.07, 6.45) is 4.84. The molecule has 0 radical (unpaired) electrons. The molecule has 2 aromatic heterocycles. The number of nitrogens with zero attached hydrogens (tertiary/aromatic N) is 2.